The zero-order valence-corrected chi connectivity index (χ0v) is 10.8. The smallest absolute Gasteiger partial charge is 0.146 e. The number of rotatable bonds is 4. The van der Waals surface area contributed by atoms with Gasteiger partial charge in [-0.15, -0.1) is 0 Å². The maximum absolute atomic E-state index is 12.8. The maximum Gasteiger partial charge on any atom is 0.146 e. The van der Waals surface area contributed by atoms with Crippen molar-refractivity contribution in [1.29, 1.82) is 0 Å². The minimum Gasteiger partial charge on any atom is -0.486 e. The summed E-state index contributed by atoms with van der Waals surface area (Å²) in [6.45, 7) is 0.806. The molecule has 0 amide bonds. The first-order valence-corrected chi connectivity index (χ1v) is 6.34. The number of hydrogen-bond donors (Lipinski definition) is 1. The van der Waals surface area contributed by atoms with Crippen LogP contribution in [0.4, 0.5) is 4.39 Å². The highest BCUT2D eigenvalue weighted by Gasteiger charge is 2.05. The Bertz CT molecular complexity index is 719. The molecule has 102 valence electrons. The van der Waals surface area contributed by atoms with Crippen LogP contribution in [0.5, 0.6) is 5.75 Å². The molecule has 2 aromatic carbocycles. The Balaban J connectivity index is 1.75. The van der Waals surface area contributed by atoms with Crippen LogP contribution in [0.25, 0.3) is 11.0 Å². The average molecular weight is 271 g/mol. The van der Waals surface area contributed by atoms with Gasteiger partial charge in [0.2, 0.25) is 0 Å². The van der Waals surface area contributed by atoms with Crippen molar-refractivity contribution in [2.75, 3.05) is 0 Å². The summed E-state index contributed by atoms with van der Waals surface area (Å²) >= 11 is 0. The summed E-state index contributed by atoms with van der Waals surface area (Å²) in [6, 6.07) is 13.7. The van der Waals surface area contributed by atoms with Gasteiger partial charge in [-0.05, 0) is 48.0 Å². The Morgan fingerprint density at radius 3 is 2.60 bits per heavy atom. The standard InChI is InChI=1S/C16H14FNO2/c17-13-2-4-14(5-3-13)19-10-15-8-12-7-11(9-18)1-6-16(12)20-15/h1-8H,9-10,18H2. The van der Waals surface area contributed by atoms with Gasteiger partial charge in [-0.25, -0.2) is 4.39 Å². The van der Waals surface area contributed by atoms with Gasteiger partial charge >= 0.3 is 0 Å². The molecule has 1 aromatic heterocycles. The minimum atomic E-state index is -0.282. The Morgan fingerprint density at radius 1 is 1.05 bits per heavy atom. The van der Waals surface area contributed by atoms with Gasteiger partial charge in [0.25, 0.3) is 0 Å². The van der Waals surface area contributed by atoms with E-state index in [0.29, 0.717) is 18.9 Å². The van der Waals surface area contributed by atoms with E-state index in [-0.39, 0.29) is 5.82 Å². The van der Waals surface area contributed by atoms with Gasteiger partial charge in [-0.1, -0.05) is 6.07 Å². The van der Waals surface area contributed by atoms with E-state index in [4.69, 9.17) is 14.9 Å². The summed E-state index contributed by atoms with van der Waals surface area (Å²) < 4.78 is 24.0. The van der Waals surface area contributed by atoms with Crippen molar-refractivity contribution in [2.45, 2.75) is 13.2 Å². The highest BCUT2D eigenvalue weighted by Crippen LogP contribution is 2.22. The van der Waals surface area contributed by atoms with Crippen molar-refractivity contribution in [3.63, 3.8) is 0 Å². The van der Waals surface area contributed by atoms with E-state index in [1.165, 1.54) is 12.1 Å². The molecule has 0 bridgehead atoms. The molecule has 3 nitrogen and oxygen atoms in total. The second-order valence-corrected chi connectivity index (χ2v) is 4.53. The fraction of sp³-hybridized carbons (Fsp3) is 0.125. The Hall–Kier alpha value is -2.33. The first-order chi connectivity index (χ1) is 9.74. The van der Waals surface area contributed by atoms with Crippen LogP contribution in [-0.2, 0) is 13.2 Å². The van der Waals surface area contributed by atoms with Gasteiger partial charge < -0.3 is 14.9 Å². The van der Waals surface area contributed by atoms with E-state index < -0.39 is 0 Å². The Kier molecular flexibility index (Phi) is 3.39. The molecule has 3 aromatic rings. The molecule has 0 spiro atoms. The normalized spacial score (nSPS) is 10.9. The topological polar surface area (TPSA) is 48.4 Å². The first-order valence-electron chi connectivity index (χ1n) is 6.34. The van der Waals surface area contributed by atoms with Gasteiger partial charge in [0.05, 0.1) is 0 Å². The molecule has 0 aliphatic heterocycles. The van der Waals surface area contributed by atoms with Gasteiger partial charge in [0.1, 0.15) is 29.5 Å². The fourth-order valence-corrected chi connectivity index (χ4v) is 2.03. The van der Waals surface area contributed by atoms with Crippen LogP contribution in [-0.4, -0.2) is 0 Å². The van der Waals surface area contributed by atoms with Crippen molar-refractivity contribution in [2.24, 2.45) is 5.73 Å². The monoisotopic (exact) mass is 271 g/mol. The van der Waals surface area contributed by atoms with E-state index >= 15 is 0 Å². The van der Waals surface area contributed by atoms with Crippen molar-refractivity contribution in [1.82, 2.24) is 0 Å². The summed E-state index contributed by atoms with van der Waals surface area (Å²) in [5.74, 6) is 1.04. The highest BCUT2D eigenvalue weighted by molar-refractivity contribution is 5.78. The third kappa shape index (κ3) is 2.65. The lowest BCUT2D eigenvalue weighted by molar-refractivity contribution is 0.274. The first kappa shape index (κ1) is 12.7. The molecule has 4 heteroatoms. The van der Waals surface area contributed by atoms with E-state index in [1.54, 1.807) is 12.1 Å². The molecule has 0 atom stereocenters. The molecule has 0 aliphatic rings. The maximum atomic E-state index is 12.8. The average Bonchev–Trinajstić information content (AvgIpc) is 2.88. The molecular formula is C16H14FNO2. The number of hydrogen-bond acceptors (Lipinski definition) is 3. The lowest BCUT2D eigenvalue weighted by Crippen LogP contribution is -1.94. The molecule has 0 saturated heterocycles. The van der Waals surface area contributed by atoms with Crippen LogP contribution in [0, 0.1) is 5.82 Å². The minimum absolute atomic E-state index is 0.282. The molecule has 0 aliphatic carbocycles. The predicted molar refractivity (Wildman–Crippen MR) is 74.8 cm³/mol. The highest BCUT2D eigenvalue weighted by atomic mass is 19.1. The SMILES string of the molecule is NCc1ccc2oc(COc3ccc(F)cc3)cc2c1. The van der Waals surface area contributed by atoms with Crippen molar-refractivity contribution < 1.29 is 13.5 Å². The summed E-state index contributed by atoms with van der Waals surface area (Å²) in [7, 11) is 0. The van der Waals surface area contributed by atoms with Crippen LogP contribution < -0.4 is 10.5 Å². The Morgan fingerprint density at radius 2 is 1.85 bits per heavy atom. The molecule has 2 N–H and O–H groups in total. The molecule has 0 radical (unpaired) electrons. The van der Waals surface area contributed by atoms with Crippen LogP contribution in [0.15, 0.2) is 52.9 Å². The number of nitrogens with two attached hydrogens (primary N) is 1. The lowest BCUT2D eigenvalue weighted by atomic mass is 10.1. The number of ether oxygens (including phenoxy) is 1. The molecule has 1 heterocycles. The van der Waals surface area contributed by atoms with Crippen molar-refractivity contribution >= 4 is 11.0 Å². The second-order valence-electron chi connectivity index (χ2n) is 4.53. The number of benzene rings is 2. The number of halogens is 1. The van der Waals surface area contributed by atoms with E-state index in [1.807, 2.05) is 24.3 Å². The van der Waals surface area contributed by atoms with Gasteiger partial charge in [-0.2, -0.15) is 0 Å². The molecule has 0 unspecified atom stereocenters. The molecular weight excluding hydrogens is 257 g/mol. The van der Waals surface area contributed by atoms with Crippen LogP contribution in [0.1, 0.15) is 11.3 Å². The molecule has 3 rings (SSSR count). The van der Waals surface area contributed by atoms with Gasteiger partial charge in [-0.3, -0.25) is 0 Å². The summed E-state index contributed by atoms with van der Waals surface area (Å²) in [5.41, 5.74) is 7.47. The molecule has 20 heavy (non-hydrogen) atoms. The zero-order chi connectivity index (χ0) is 13.9. The quantitative estimate of drug-likeness (QED) is 0.788. The van der Waals surface area contributed by atoms with Gasteiger partial charge in [0, 0.05) is 11.9 Å². The lowest BCUT2D eigenvalue weighted by Gasteiger charge is -2.03. The van der Waals surface area contributed by atoms with Crippen LogP contribution >= 0.6 is 0 Å². The summed E-state index contributed by atoms with van der Waals surface area (Å²) in [6.07, 6.45) is 0. The fourth-order valence-electron chi connectivity index (χ4n) is 2.03. The molecule has 0 saturated carbocycles. The molecule has 0 fully saturated rings. The third-order valence-corrected chi connectivity index (χ3v) is 3.06. The van der Waals surface area contributed by atoms with Gasteiger partial charge in [0.15, 0.2) is 0 Å². The van der Waals surface area contributed by atoms with Crippen molar-refractivity contribution in [3.05, 3.63) is 65.7 Å². The van der Waals surface area contributed by atoms with E-state index in [2.05, 4.69) is 0 Å². The third-order valence-electron chi connectivity index (χ3n) is 3.06. The number of fused-ring (bicyclic) bond motifs is 1. The Labute approximate surface area is 115 Å². The summed E-state index contributed by atoms with van der Waals surface area (Å²) in [5, 5.41) is 1.01. The zero-order valence-electron chi connectivity index (χ0n) is 10.8. The number of furan rings is 1. The van der Waals surface area contributed by atoms with Crippen molar-refractivity contribution in [3.8, 4) is 5.75 Å². The van der Waals surface area contributed by atoms with Crippen LogP contribution in [0.3, 0.4) is 0 Å². The largest absolute Gasteiger partial charge is 0.486 e. The predicted octanol–water partition coefficient (Wildman–Crippen LogP) is 3.61. The van der Waals surface area contributed by atoms with E-state index in [0.717, 1.165) is 22.3 Å². The van der Waals surface area contributed by atoms with Crippen LogP contribution in [0.2, 0.25) is 0 Å². The second kappa shape index (κ2) is 5.35. The van der Waals surface area contributed by atoms with E-state index in [9.17, 15) is 4.39 Å². The summed E-state index contributed by atoms with van der Waals surface area (Å²) in [4.78, 5) is 0.